The summed E-state index contributed by atoms with van der Waals surface area (Å²) >= 11 is 0. The van der Waals surface area contributed by atoms with Crippen molar-refractivity contribution in [1.82, 2.24) is 9.38 Å². The van der Waals surface area contributed by atoms with Crippen molar-refractivity contribution < 1.29 is 0 Å². The maximum absolute atomic E-state index is 4.53. The summed E-state index contributed by atoms with van der Waals surface area (Å²) in [5.74, 6) is 0. The number of hydrogen-bond acceptors (Lipinski definition) is 1. The molecule has 0 bridgehead atoms. The Hall–Kier alpha value is -1.83. The summed E-state index contributed by atoms with van der Waals surface area (Å²) < 4.78 is 2.31. The van der Waals surface area contributed by atoms with Crippen molar-refractivity contribution in [2.24, 2.45) is 0 Å². The molecule has 4 rings (SSSR count). The molecule has 2 heterocycles. The predicted molar refractivity (Wildman–Crippen MR) is 69.5 cm³/mol. The van der Waals surface area contributed by atoms with Gasteiger partial charge in [-0.2, -0.15) is 0 Å². The molecule has 17 heavy (non-hydrogen) atoms. The second-order valence-electron chi connectivity index (χ2n) is 4.95. The van der Waals surface area contributed by atoms with E-state index in [1.165, 1.54) is 46.1 Å². The first-order chi connectivity index (χ1) is 8.34. The molecule has 1 aliphatic carbocycles. The van der Waals surface area contributed by atoms with Crippen LogP contribution in [0.15, 0.2) is 30.6 Å². The van der Waals surface area contributed by atoms with Crippen LogP contribution in [-0.2, 0) is 12.8 Å². The zero-order valence-corrected chi connectivity index (χ0v) is 9.90. The van der Waals surface area contributed by atoms with Gasteiger partial charge in [-0.05, 0) is 43.9 Å². The van der Waals surface area contributed by atoms with Gasteiger partial charge < -0.3 is 4.40 Å². The van der Waals surface area contributed by atoms with Gasteiger partial charge in [-0.1, -0.05) is 11.6 Å². The lowest BCUT2D eigenvalue weighted by Gasteiger charge is -2.11. The van der Waals surface area contributed by atoms with Crippen molar-refractivity contribution in [2.75, 3.05) is 0 Å². The summed E-state index contributed by atoms with van der Waals surface area (Å²) in [6, 6.07) is 6.74. The first-order valence-corrected chi connectivity index (χ1v) is 6.22. The van der Waals surface area contributed by atoms with Crippen molar-refractivity contribution in [3.8, 4) is 0 Å². The van der Waals surface area contributed by atoms with E-state index in [0.29, 0.717) is 0 Å². The summed E-state index contributed by atoms with van der Waals surface area (Å²) in [4.78, 5) is 4.53. The third-order valence-corrected chi connectivity index (χ3v) is 3.82. The number of rotatable bonds is 0. The third-order valence-electron chi connectivity index (χ3n) is 3.82. The monoisotopic (exact) mass is 222 g/mol. The summed E-state index contributed by atoms with van der Waals surface area (Å²) in [5.41, 5.74) is 6.79. The molecule has 1 aromatic carbocycles. The van der Waals surface area contributed by atoms with E-state index in [9.17, 15) is 0 Å². The lowest BCUT2D eigenvalue weighted by Crippen LogP contribution is -2.03. The molecule has 0 radical (unpaired) electrons. The number of aromatic nitrogens is 2. The number of hydrogen-bond donors (Lipinski definition) is 0. The van der Waals surface area contributed by atoms with Gasteiger partial charge in [0.05, 0.1) is 16.7 Å². The van der Waals surface area contributed by atoms with Crippen molar-refractivity contribution >= 4 is 16.4 Å². The molecule has 0 N–H and O–H groups in total. The molecule has 3 aromatic rings. The standard InChI is InChI=1S/C15H14N2/c1-10-5-6-14-12(9-10)11-3-2-4-13-15(11)17(14)8-7-16-13/h5-9H,2-4H2,1H3. The van der Waals surface area contributed by atoms with E-state index in [1.807, 2.05) is 6.20 Å². The van der Waals surface area contributed by atoms with Gasteiger partial charge in [-0.25, -0.2) is 0 Å². The van der Waals surface area contributed by atoms with Gasteiger partial charge in [0.15, 0.2) is 0 Å². The number of fused-ring (bicyclic) bond motifs is 3. The van der Waals surface area contributed by atoms with E-state index in [1.54, 1.807) is 0 Å². The summed E-state index contributed by atoms with van der Waals surface area (Å²) in [5, 5.41) is 1.42. The minimum Gasteiger partial charge on any atom is -0.313 e. The van der Waals surface area contributed by atoms with Crippen LogP contribution < -0.4 is 0 Å². The number of aryl methyl sites for hydroxylation is 3. The van der Waals surface area contributed by atoms with Crippen LogP contribution in [0.4, 0.5) is 0 Å². The van der Waals surface area contributed by atoms with Crippen molar-refractivity contribution in [3.05, 3.63) is 47.4 Å². The Morgan fingerprint density at radius 2 is 2.18 bits per heavy atom. The molecule has 2 nitrogen and oxygen atoms in total. The van der Waals surface area contributed by atoms with Crippen LogP contribution in [0.1, 0.15) is 23.2 Å². The molecular weight excluding hydrogens is 208 g/mol. The van der Waals surface area contributed by atoms with E-state index in [4.69, 9.17) is 0 Å². The Bertz CT molecular complexity index is 737. The average molecular weight is 222 g/mol. The summed E-state index contributed by atoms with van der Waals surface area (Å²) in [6.07, 6.45) is 7.55. The van der Waals surface area contributed by atoms with Crippen LogP contribution in [0.5, 0.6) is 0 Å². The quantitative estimate of drug-likeness (QED) is 0.570. The van der Waals surface area contributed by atoms with E-state index in [2.05, 4.69) is 40.7 Å². The Labute approximate surface area is 99.9 Å². The molecular formula is C15H14N2. The van der Waals surface area contributed by atoms with Crippen molar-refractivity contribution in [1.29, 1.82) is 0 Å². The Balaban J connectivity index is 2.31. The number of benzene rings is 1. The largest absolute Gasteiger partial charge is 0.313 e. The fraction of sp³-hybridized carbons (Fsp3) is 0.267. The molecule has 0 atom stereocenters. The van der Waals surface area contributed by atoms with Crippen LogP contribution >= 0.6 is 0 Å². The van der Waals surface area contributed by atoms with Gasteiger partial charge in [-0.15, -0.1) is 0 Å². The molecule has 0 unspecified atom stereocenters. The van der Waals surface area contributed by atoms with E-state index < -0.39 is 0 Å². The van der Waals surface area contributed by atoms with Gasteiger partial charge >= 0.3 is 0 Å². The van der Waals surface area contributed by atoms with Gasteiger partial charge in [0.25, 0.3) is 0 Å². The van der Waals surface area contributed by atoms with Crippen LogP contribution in [0, 0.1) is 6.92 Å². The van der Waals surface area contributed by atoms with Gasteiger partial charge in [0.2, 0.25) is 0 Å². The minimum atomic E-state index is 1.12. The van der Waals surface area contributed by atoms with Crippen LogP contribution in [0.3, 0.4) is 0 Å². The Kier molecular flexibility index (Phi) is 1.68. The highest BCUT2D eigenvalue weighted by Crippen LogP contribution is 2.33. The van der Waals surface area contributed by atoms with Gasteiger partial charge in [0, 0.05) is 17.8 Å². The lowest BCUT2D eigenvalue weighted by molar-refractivity contribution is 0.780. The molecule has 0 saturated carbocycles. The maximum atomic E-state index is 4.53. The van der Waals surface area contributed by atoms with E-state index in [0.717, 1.165) is 6.42 Å². The molecule has 2 aromatic heterocycles. The highest BCUT2D eigenvalue weighted by Gasteiger charge is 2.18. The fourth-order valence-corrected chi connectivity index (χ4v) is 3.08. The Morgan fingerprint density at radius 1 is 1.24 bits per heavy atom. The molecule has 0 spiro atoms. The van der Waals surface area contributed by atoms with Crippen molar-refractivity contribution in [2.45, 2.75) is 26.2 Å². The van der Waals surface area contributed by atoms with E-state index in [-0.39, 0.29) is 0 Å². The maximum Gasteiger partial charge on any atom is 0.0710 e. The average Bonchev–Trinajstić information content (AvgIpc) is 2.67. The second-order valence-corrected chi connectivity index (χ2v) is 4.95. The minimum absolute atomic E-state index is 1.12. The van der Waals surface area contributed by atoms with Crippen LogP contribution in [0.25, 0.3) is 16.4 Å². The zero-order valence-electron chi connectivity index (χ0n) is 9.90. The topological polar surface area (TPSA) is 17.3 Å². The molecule has 0 amide bonds. The summed E-state index contributed by atoms with van der Waals surface area (Å²) in [7, 11) is 0. The molecule has 0 aliphatic heterocycles. The lowest BCUT2D eigenvalue weighted by atomic mass is 9.97. The Morgan fingerprint density at radius 3 is 3.12 bits per heavy atom. The number of nitrogens with zero attached hydrogens (tertiary/aromatic N) is 2. The van der Waals surface area contributed by atoms with Crippen LogP contribution in [-0.4, -0.2) is 9.38 Å². The van der Waals surface area contributed by atoms with Gasteiger partial charge in [-0.3, -0.25) is 4.98 Å². The fourth-order valence-electron chi connectivity index (χ4n) is 3.08. The molecule has 0 fully saturated rings. The predicted octanol–water partition coefficient (Wildman–Crippen LogP) is 3.28. The second kappa shape index (κ2) is 3.10. The summed E-state index contributed by atoms with van der Waals surface area (Å²) in [6.45, 7) is 2.16. The first kappa shape index (κ1) is 9.23. The third kappa shape index (κ3) is 1.13. The highest BCUT2D eigenvalue weighted by molar-refractivity contribution is 5.93. The van der Waals surface area contributed by atoms with Gasteiger partial charge in [0.1, 0.15) is 0 Å². The van der Waals surface area contributed by atoms with E-state index >= 15 is 0 Å². The SMILES string of the molecule is Cc1ccc2c(c1)c1c3c(nccn32)CCC1. The molecule has 0 saturated heterocycles. The molecule has 2 heteroatoms. The first-order valence-electron chi connectivity index (χ1n) is 6.22. The normalized spacial score (nSPS) is 14.6. The molecule has 1 aliphatic rings. The zero-order chi connectivity index (χ0) is 11.4. The van der Waals surface area contributed by atoms with Crippen molar-refractivity contribution in [3.63, 3.8) is 0 Å². The molecule has 84 valence electrons. The highest BCUT2D eigenvalue weighted by atomic mass is 14.9. The van der Waals surface area contributed by atoms with Crippen LogP contribution in [0.2, 0.25) is 0 Å². The smallest absolute Gasteiger partial charge is 0.0710 e.